The molecule has 3 aromatic rings. The molecule has 3 atom stereocenters. The molecule has 1 saturated heterocycles. The van der Waals surface area contributed by atoms with Crippen molar-refractivity contribution in [3.63, 3.8) is 0 Å². The third-order valence-corrected chi connectivity index (χ3v) is 5.61. The Morgan fingerprint density at radius 2 is 2.26 bits per heavy atom. The zero-order chi connectivity index (χ0) is 23.9. The summed E-state index contributed by atoms with van der Waals surface area (Å²) in [5.74, 6) is 0.605. The summed E-state index contributed by atoms with van der Waals surface area (Å²) in [6, 6.07) is 3.12. The molecule has 1 aliphatic heterocycles. The van der Waals surface area contributed by atoms with Crippen LogP contribution >= 0.6 is 0 Å². The van der Waals surface area contributed by atoms with Crippen molar-refractivity contribution in [2.24, 2.45) is 0 Å². The molecule has 34 heavy (non-hydrogen) atoms. The molecule has 11 nitrogen and oxygen atoms in total. The molecule has 2 fully saturated rings. The highest BCUT2D eigenvalue weighted by molar-refractivity contribution is 5.69. The number of nitrogens with one attached hydrogen (secondary N) is 3. The number of hydrogen-bond acceptors (Lipinski definition) is 8. The Morgan fingerprint density at radius 1 is 1.44 bits per heavy atom. The SMILES string of the molecule is CC1(NC(=O)O[C@H]2CO[C@@H](c3cc(Nc4nccc5nc(OCC(F)F)cn45)n[nH]3)[C@@H]2F)CC1. The molecule has 0 spiro atoms. The monoisotopic (exact) mass is 481 g/mol. The van der Waals surface area contributed by atoms with Gasteiger partial charge in [0, 0.05) is 17.8 Å². The van der Waals surface area contributed by atoms with Gasteiger partial charge in [-0.1, -0.05) is 0 Å². The molecule has 1 saturated carbocycles. The first-order valence-corrected chi connectivity index (χ1v) is 10.6. The summed E-state index contributed by atoms with van der Waals surface area (Å²) in [6.45, 7) is 1.03. The van der Waals surface area contributed by atoms with Crippen molar-refractivity contribution in [1.29, 1.82) is 0 Å². The van der Waals surface area contributed by atoms with Crippen LogP contribution in [0.25, 0.3) is 5.65 Å². The van der Waals surface area contributed by atoms with Crippen LogP contribution in [0.15, 0.2) is 24.5 Å². The van der Waals surface area contributed by atoms with E-state index in [4.69, 9.17) is 14.2 Å². The number of aromatic amines is 1. The second kappa shape index (κ2) is 8.66. The van der Waals surface area contributed by atoms with Gasteiger partial charge in [0.05, 0.1) is 18.5 Å². The van der Waals surface area contributed by atoms with Crippen LogP contribution in [0.2, 0.25) is 0 Å². The first-order valence-electron chi connectivity index (χ1n) is 10.6. The maximum atomic E-state index is 14.9. The van der Waals surface area contributed by atoms with Crippen LogP contribution in [0.4, 0.5) is 29.7 Å². The van der Waals surface area contributed by atoms with Crippen LogP contribution in [0.3, 0.4) is 0 Å². The number of amides is 1. The van der Waals surface area contributed by atoms with Gasteiger partial charge < -0.3 is 24.8 Å². The molecular weight excluding hydrogens is 459 g/mol. The van der Waals surface area contributed by atoms with Crippen molar-refractivity contribution in [1.82, 2.24) is 29.9 Å². The highest BCUT2D eigenvalue weighted by Gasteiger charge is 2.44. The number of rotatable bonds is 8. The van der Waals surface area contributed by atoms with E-state index in [9.17, 15) is 18.0 Å². The lowest BCUT2D eigenvalue weighted by atomic mass is 10.1. The number of H-pyrrole nitrogens is 1. The van der Waals surface area contributed by atoms with Crippen molar-refractivity contribution in [3.05, 3.63) is 30.2 Å². The van der Waals surface area contributed by atoms with Crippen molar-refractivity contribution in [2.75, 3.05) is 18.5 Å². The number of fused-ring (bicyclic) bond motifs is 1. The summed E-state index contributed by atoms with van der Waals surface area (Å²) in [7, 11) is 0. The van der Waals surface area contributed by atoms with Gasteiger partial charge in [-0.25, -0.2) is 22.9 Å². The minimum atomic E-state index is -2.62. The topological polar surface area (TPSA) is 128 Å². The van der Waals surface area contributed by atoms with Gasteiger partial charge in [-0.2, -0.15) is 10.1 Å². The molecule has 14 heteroatoms. The molecule has 4 heterocycles. The minimum absolute atomic E-state index is 0.0180. The second-order valence-corrected chi connectivity index (χ2v) is 8.44. The predicted molar refractivity (Wildman–Crippen MR) is 111 cm³/mol. The number of carbonyl (C=O) groups excluding carboxylic acids is 1. The molecular formula is C20H22F3N7O4. The lowest BCUT2D eigenvalue weighted by Gasteiger charge is -2.17. The van der Waals surface area contributed by atoms with Gasteiger partial charge in [-0.3, -0.25) is 9.50 Å². The Bertz CT molecular complexity index is 1180. The molecule has 0 bridgehead atoms. The van der Waals surface area contributed by atoms with Gasteiger partial charge in [-0.15, -0.1) is 0 Å². The third-order valence-electron chi connectivity index (χ3n) is 5.61. The number of aromatic nitrogens is 5. The third kappa shape index (κ3) is 4.71. The molecule has 0 radical (unpaired) electrons. The lowest BCUT2D eigenvalue weighted by molar-refractivity contribution is 0.0604. The lowest BCUT2D eigenvalue weighted by Crippen LogP contribution is -2.39. The van der Waals surface area contributed by atoms with Gasteiger partial charge in [0.15, 0.2) is 24.7 Å². The van der Waals surface area contributed by atoms with E-state index in [1.807, 2.05) is 6.92 Å². The van der Waals surface area contributed by atoms with Gasteiger partial charge >= 0.3 is 6.09 Å². The number of alkyl halides is 3. The van der Waals surface area contributed by atoms with E-state index in [1.165, 1.54) is 22.9 Å². The summed E-state index contributed by atoms with van der Waals surface area (Å²) >= 11 is 0. The van der Waals surface area contributed by atoms with Crippen LogP contribution in [0, 0.1) is 0 Å². The van der Waals surface area contributed by atoms with Gasteiger partial charge in [-0.05, 0) is 25.8 Å². The Labute approximate surface area is 191 Å². The smallest absolute Gasteiger partial charge is 0.408 e. The Balaban J connectivity index is 1.24. The molecule has 0 aromatic carbocycles. The van der Waals surface area contributed by atoms with Crippen LogP contribution < -0.4 is 15.4 Å². The average Bonchev–Trinajstić information content (AvgIpc) is 3.15. The number of carbonyl (C=O) groups is 1. The number of hydrogen-bond donors (Lipinski definition) is 3. The van der Waals surface area contributed by atoms with Crippen LogP contribution in [-0.2, 0) is 9.47 Å². The quantitative estimate of drug-likeness (QED) is 0.448. The van der Waals surface area contributed by atoms with Gasteiger partial charge in [0.25, 0.3) is 6.43 Å². The number of nitrogens with zero attached hydrogens (tertiary/aromatic N) is 4. The predicted octanol–water partition coefficient (Wildman–Crippen LogP) is 2.90. The van der Waals surface area contributed by atoms with Crippen molar-refractivity contribution >= 4 is 23.5 Å². The summed E-state index contributed by atoms with van der Waals surface area (Å²) in [4.78, 5) is 20.3. The number of halogens is 3. The largest absolute Gasteiger partial charge is 0.470 e. The zero-order valence-electron chi connectivity index (χ0n) is 18.0. The Hall–Kier alpha value is -3.55. The second-order valence-electron chi connectivity index (χ2n) is 8.44. The van der Waals surface area contributed by atoms with E-state index in [0.717, 1.165) is 12.8 Å². The maximum absolute atomic E-state index is 14.9. The molecule has 3 aromatic heterocycles. The first-order chi connectivity index (χ1) is 16.3. The average molecular weight is 481 g/mol. The van der Waals surface area contributed by atoms with Crippen LogP contribution in [0.1, 0.15) is 31.6 Å². The standard InChI is InChI=1S/C20H22F3N7O4/c1-20(3-4-20)27-19(31)34-11-8-33-17(16(11)23)10-6-13(29-28-10)25-18-24-5-2-14-26-15(7-30(14)18)32-9-12(21)22/h2,5-7,11-12,16-17H,3-4,8-9H2,1H3,(H,27,31)(H2,24,25,28,29)/t11-,16+,17-/m0/s1. The fraction of sp³-hybridized carbons (Fsp3) is 0.500. The zero-order valence-corrected chi connectivity index (χ0v) is 18.0. The van der Waals surface area contributed by atoms with Crippen molar-refractivity contribution < 1.29 is 32.2 Å². The fourth-order valence-corrected chi connectivity index (χ4v) is 3.53. The molecule has 2 aliphatic rings. The van der Waals surface area contributed by atoms with Gasteiger partial charge in [0.2, 0.25) is 11.8 Å². The molecule has 1 aliphatic carbocycles. The van der Waals surface area contributed by atoms with E-state index < -0.39 is 37.5 Å². The Kier molecular flexibility index (Phi) is 5.67. The van der Waals surface area contributed by atoms with E-state index >= 15 is 0 Å². The van der Waals surface area contributed by atoms with Crippen molar-refractivity contribution in [2.45, 2.75) is 50.1 Å². The fourth-order valence-electron chi connectivity index (χ4n) is 3.53. The van der Waals surface area contributed by atoms with Crippen molar-refractivity contribution in [3.8, 4) is 5.88 Å². The summed E-state index contributed by atoms with van der Waals surface area (Å²) in [5, 5.41) is 12.5. The summed E-state index contributed by atoms with van der Waals surface area (Å²) in [6.07, 6.45) is -2.31. The highest BCUT2D eigenvalue weighted by Crippen LogP contribution is 2.36. The normalized spacial score (nSPS) is 23.3. The number of imidazole rings is 1. The van der Waals surface area contributed by atoms with E-state index in [0.29, 0.717) is 17.2 Å². The number of anilines is 2. The number of alkyl carbamates (subject to hydrolysis) is 1. The first kappa shape index (κ1) is 22.3. The maximum Gasteiger partial charge on any atom is 0.408 e. The summed E-state index contributed by atoms with van der Waals surface area (Å²) in [5.41, 5.74) is 0.487. The summed E-state index contributed by atoms with van der Waals surface area (Å²) < 4.78 is 56.9. The number of ether oxygens (including phenoxy) is 3. The Morgan fingerprint density at radius 3 is 3.03 bits per heavy atom. The van der Waals surface area contributed by atoms with E-state index in [-0.39, 0.29) is 24.0 Å². The highest BCUT2D eigenvalue weighted by atomic mass is 19.3. The van der Waals surface area contributed by atoms with E-state index in [2.05, 4.69) is 30.8 Å². The molecule has 5 rings (SSSR count). The molecule has 182 valence electrons. The van der Waals surface area contributed by atoms with Crippen LogP contribution in [0.5, 0.6) is 5.88 Å². The minimum Gasteiger partial charge on any atom is -0.470 e. The van der Waals surface area contributed by atoms with E-state index in [1.54, 1.807) is 6.07 Å². The van der Waals surface area contributed by atoms with Gasteiger partial charge in [0.1, 0.15) is 11.8 Å². The molecule has 1 amide bonds. The van der Waals surface area contributed by atoms with Crippen LogP contribution in [-0.4, -0.2) is 68.1 Å². The molecule has 0 unspecified atom stereocenters. The molecule has 3 N–H and O–H groups in total.